The van der Waals surface area contributed by atoms with Crippen LogP contribution in [0.5, 0.6) is 0 Å². The SMILES string of the molecule is CCC(C)C(NC(=O)OC(C)(C)C)C(=O)N(C(C)CC)C(C(=O)Nc1ccc2ccccc2c1)c1ccc(C)c(C)c1. The lowest BCUT2D eigenvalue weighted by Gasteiger charge is -2.39. The zero-order valence-electron chi connectivity index (χ0n) is 26.6. The molecule has 3 amide bonds. The van der Waals surface area contributed by atoms with Gasteiger partial charge in [-0.2, -0.15) is 0 Å². The third kappa shape index (κ3) is 8.11. The van der Waals surface area contributed by atoms with E-state index in [9.17, 15) is 14.4 Å². The van der Waals surface area contributed by atoms with Crippen LogP contribution >= 0.6 is 0 Å². The normalized spacial score (nSPS) is 14.4. The van der Waals surface area contributed by atoms with Gasteiger partial charge in [0, 0.05) is 11.7 Å². The van der Waals surface area contributed by atoms with Crippen LogP contribution in [-0.2, 0) is 14.3 Å². The Labute approximate surface area is 251 Å². The van der Waals surface area contributed by atoms with Crippen molar-refractivity contribution >= 4 is 34.4 Å². The summed E-state index contributed by atoms with van der Waals surface area (Å²) in [6.45, 7) is 17.2. The lowest BCUT2D eigenvalue weighted by atomic mass is 9.93. The second kappa shape index (κ2) is 13.9. The number of aryl methyl sites for hydroxylation is 2. The minimum Gasteiger partial charge on any atom is -0.444 e. The first-order valence-corrected chi connectivity index (χ1v) is 14.9. The molecule has 3 rings (SSSR count). The Balaban J connectivity index is 2.09. The molecule has 0 heterocycles. The van der Waals surface area contributed by atoms with Gasteiger partial charge in [-0.25, -0.2) is 4.79 Å². The molecule has 0 saturated heterocycles. The monoisotopic (exact) mass is 573 g/mol. The molecule has 0 bridgehead atoms. The minimum absolute atomic E-state index is 0.194. The Morgan fingerprint density at radius 2 is 1.52 bits per heavy atom. The Morgan fingerprint density at radius 1 is 0.857 bits per heavy atom. The number of benzene rings is 3. The molecular formula is C35H47N3O4. The number of nitrogens with one attached hydrogen (secondary N) is 2. The van der Waals surface area contributed by atoms with Crippen LogP contribution in [-0.4, -0.2) is 40.5 Å². The van der Waals surface area contributed by atoms with Gasteiger partial charge in [-0.3, -0.25) is 9.59 Å². The summed E-state index contributed by atoms with van der Waals surface area (Å²) in [7, 11) is 0. The summed E-state index contributed by atoms with van der Waals surface area (Å²) >= 11 is 0. The predicted octanol–water partition coefficient (Wildman–Crippen LogP) is 7.70. The number of alkyl carbamates (subject to hydrolysis) is 1. The zero-order valence-corrected chi connectivity index (χ0v) is 26.6. The Bertz CT molecular complexity index is 1410. The fraction of sp³-hybridized carbons (Fsp3) is 0.457. The van der Waals surface area contributed by atoms with Crippen LogP contribution in [0.25, 0.3) is 10.8 Å². The second-order valence-electron chi connectivity index (χ2n) is 12.3. The van der Waals surface area contributed by atoms with E-state index in [0.717, 1.165) is 21.9 Å². The van der Waals surface area contributed by atoms with Gasteiger partial charge in [0.2, 0.25) is 5.91 Å². The van der Waals surface area contributed by atoms with Crippen LogP contribution in [0.3, 0.4) is 0 Å². The van der Waals surface area contributed by atoms with E-state index in [2.05, 4.69) is 10.6 Å². The highest BCUT2D eigenvalue weighted by Crippen LogP contribution is 2.30. The van der Waals surface area contributed by atoms with Gasteiger partial charge in [-0.15, -0.1) is 0 Å². The number of rotatable bonds is 10. The molecule has 0 saturated carbocycles. The number of fused-ring (bicyclic) bond motifs is 1. The summed E-state index contributed by atoms with van der Waals surface area (Å²) < 4.78 is 5.52. The lowest BCUT2D eigenvalue weighted by Crippen LogP contribution is -2.56. The number of amides is 3. The number of ether oxygens (including phenoxy) is 1. The van der Waals surface area contributed by atoms with Crippen molar-refractivity contribution in [2.24, 2.45) is 5.92 Å². The van der Waals surface area contributed by atoms with Crippen molar-refractivity contribution in [1.82, 2.24) is 10.2 Å². The Morgan fingerprint density at radius 3 is 2.12 bits per heavy atom. The van der Waals surface area contributed by atoms with E-state index >= 15 is 0 Å². The van der Waals surface area contributed by atoms with Gasteiger partial charge in [0.1, 0.15) is 17.7 Å². The molecule has 0 aliphatic heterocycles. The molecule has 4 atom stereocenters. The summed E-state index contributed by atoms with van der Waals surface area (Å²) in [5.41, 5.74) is 2.76. The van der Waals surface area contributed by atoms with Gasteiger partial charge in [-0.1, -0.05) is 75.7 Å². The van der Waals surface area contributed by atoms with Crippen molar-refractivity contribution < 1.29 is 19.1 Å². The average molecular weight is 574 g/mol. The molecule has 0 aliphatic rings. The van der Waals surface area contributed by atoms with Crippen molar-refractivity contribution in [3.05, 3.63) is 77.4 Å². The van der Waals surface area contributed by atoms with Gasteiger partial charge < -0.3 is 20.3 Å². The fourth-order valence-electron chi connectivity index (χ4n) is 4.92. The van der Waals surface area contributed by atoms with Gasteiger partial charge in [-0.05, 0) is 93.5 Å². The Kier molecular flexibility index (Phi) is 10.8. The highest BCUT2D eigenvalue weighted by molar-refractivity contribution is 6.00. The molecule has 0 spiro atoms. The molecule has 3 aromatic rings. The number of nitrogens with zero attached hydrogens (tertiary/aromatic N) is 1. The number of anilines is 1. The van der Waals surface area contributed by atoms with Crippen LogP contribution in [0, 0.1) is 19.8 Å². The van der Waals surface area contributed by atoms with Crippen LogP contribution in [0.4, 0.5) is 10.5 Å². The van der Waals surface area contributed by atoms with Gasteiger partial charge in [0.25, 0.3) is 5.91 Å². The van der Waals surface area contributed by atoms with E-state index in [0.29, 0.717) is 24.1 Å². The molecule has 2 N–H and O–H groups in total. The van der Waals surface area contributed by atoms with Gasteiger partial charge in [0.15, 0.2) is 0 Å². The lowest BCUT2D eigenvalue weighted by molar-refractivity contribution is -0.144. The number of hydrogen-bond acceptors (Lipinski definition) is 4. The molecule has 0 aliphatic carbocycles. The smallest absolute Gasteiger partial charge is 0.408 e. The highest BCUT2D eigenvalue weighted by atomic mass is 16.6. The number of carbonyl (C=O) groups is 3. The third-order valence-electron chi connectivity index (χ3n) is 7.86. The average Bonchev–Trinajstić information content (AvgIpc) is 2.94. The number of hydrogen-bond donors (Lipinski definition) is 2. The predicted molar refractivity (Wildman–Crippen MR) is 170 cm³/mol. The first-order chi connectivity index (χ1) is 19.7. The molecule has 4 unspecified atom stereocenters. The molecule has 0 radical (unpaired) electrons. The summed E-state index contributed by atoms with van der Waals surface area (Å²) in [6, 6.07) is 17.5. The van der Waals surface area contributed by atoms with E-state index in [1.165, 1.54) is 0 Å². The summed E-state index contributed by atoms with van der Waals surface area (Å²) in [5.74, 6) is -0.829. The van der Waals surface area contributed by atoms with Crippen LogP contribution < -0.4 is 10.6 Å². The zero-order chi connectivity index (χ0) is 31.2. The standard InChI is InChI=1S/C35H47N3O4/c1-10-22(3)30(37-34(41)42-35(7,8)9)33(40)38(25(6)11-2)31(28-17-16-23(4)24(5)20-28)32(39)36-29-19-18-26-14-12-13-15-27(26)21-29/h12-22,25,30-31H,10-11H2,1-9H3,(H,36,39)(H,37,41). The van der Waals surface area contributed by atoms with Crippen molar-refractivity contribution in [3.63, 3.8) is 0 Å². The topological polar surface area (TPSA) is 87.7 Å². The molecule has 226 valence electrons. The quantitative estimate of drug-likeness (QED) is 0.260. The molecular weight excluding hydrogens is 526 g/mol. The summed E-state index contributed by atoms with van der Waals surface area (Å²) in [6.07, 6.45) is 0.613. The van der Waals surface area contributed by atoms with E-state index in [4.69, 9.17) is 4.74 Å². The van der Waals surface area contributed by atoms with E-state index < -0.39 is 23.8 Å². The van der Waals surface area contributed by atoms with Crippen LogP contribution in [0.15, 0.2) is 60.7 Å². The molecule has 7 heteroatoms. The molecule has 42 heavy (non-hydrogen) atoms. The first-order valence-electron chi connectivity index (χ1n) is 14.9. The largest absolute Gasteiger partial charge is 0.444 e. The van der Waals surface area contributed by atoms with Crippen molar-refractivity contribution in [3.8, 4) is 0 Å². The van der Waals surface area contributed by atoms with Crippen LogP contribution in [0.2, 0.25) is 0 Å². The number of carbonyl (C=O) groups excluding carboxylic acids is 3. The molecule has 7 nitrogen and oxygen atoms in total. The molecule has 0 fully saturated rings. The van der Waals surface area contributed by atoms with Gasteiger partial charge in [0.05, 0.1) is 0 Å². The van der Waals surface area contributed by atoms with E-state index in [1.54, 1.807) is 25.7 Å². The van der Waals surface area contributed by atoms with Gasteiger partial charge >= 0.3 is 6.09 Å². The molecule has 0 aromatic heterocycles. The van der Waals surface area contributed by atoms with Crippen LogP contribution in [0.1, 0.15) is 84.0 Å². The minimum atomic E-state index is -0.926. The van der Waals surface area contributed by atoms with Crippen molar-refractivity contribution in [2.45, 2.75) is 98.9 Å². The third-order valence-corrected chi connectivity index (χ3v) is 7.86. The first kappa shape index (κ1) is 32.6. The highest BCUT2D eigenvalue weighted by Gasteiger charge is 2.40. The maximum Gasteiger partial charge on any atom is 0.408 e. The maximum atomic E-state index is 14.5. The van der Waals surface area contributed by atoms with Crippen molar-refractivity contribution in [1.29, 1.82) is 0 Å². The summed E-state index contributed by atoms with van der Waals surface area (Å²) in [4.78, 5) is 43.3. The second-order valence-corrected chi connectivity index (χ2v) is 12.3. The van der Waals surface area contributed by atoms with Crippen molar-refractivity contribution in [2.75, 3.05) is 5.32 Å². The van der Waals surface area contributed by atoms with E-state index in [-0.39, 0.29) is 23.8 Å². The Hall–Kier alpha value is -3.87. The maximum absolute atomic E-state index is 14.5. The van der Waals surface area contributed by atoms with E-state index in [1.807, 2.05) is 102 Å². The molecule has 3 aromatic carbocycles. The fourth-order valence-corrected chi connectivity index (χ4v) is 4.92. The summed E-state index contributed by atoms with van der Waals surface area (Å²) in [5, 5.41) is 8.00.